The molecule has 144 valence electrons. The van der Waals surface area contributed by atoms with Crippen LogP contribution in [0.1, 0.15) is 24.3 Å². The third-order valence-electron chi connectivity index (χ3n) is 3.58. The number of hydrogen-bond donors (Lipinski definition) is 1. The molecule has 0 fully saturated rings. The van der Waals surface area contributed by atoms with Crippen molar-refractivity contribution < 1.29 is 37.0 Å². The van der Waals surface area contributed by atoms with Crippen molar-refractivity contribution in [3.63, 3.8) is 0 Å². The summed E-state index contributed by atoms with van der Waals surface area (Å²) in [6.45, 7) is 1.64. The Labute approximate surface area is 145 Å². The van der Waals surface area contributed by atoms with Gasteiger partial charge in [-0.05, 0) is 6.92 Å². The van der Waals surface area contributed by atoms with Crippen LogP contribution in [0.15, 0.2) is 17.1 Å². The van der Waals surface area contributed by atoms with E-state index in [4.69, 9.17) is 4.74 Å². The molecule has 2 heterocycles. The quantitative estimate of drug-likeness (QED) is 0.621. The average Bonchev–Trinajstić information content (AvgIpc) is 2.56. The molecule has 0 saturated carbocycles. The van der Waals surface area contributed by atoms with Crippen molar-refractivity contribution in [3.8, 4) is 5.75 Å². The number of halogens is 3. The molecule has 9 nitrogen and oxygen atoms in total. The normalized spacial score (nSPS) is 16.2. The maximum absolute atomic E-state index is 13.0. The number of ether oxygens (including phenoxy) is 3. The molecule has 1 amide bonds. The molecule has 1 aromatic rings. The van der Waals surface area contributed by atoms with Gasteiger partial charge in [-0.3, -0.25) is 14.3 Å². The van der Waals surface area contributed by atoms with Gasteiger partial charge in [0.1, 0.15) is 12.7 Å². The lowest BCUT2D eigenvalue weighted by atomic mass is 10.2. The summed E-state index contributed by atoms with van der Waals surface area (Å²) in [6.07, 6.45) is -5.90. The molecule has 1 N–H and O–H groups in total. The molecule has 0 radical (unpaired) electrons. The molecule has 0 spiro atoms. The van der Waals surface area contributed by atoms with Crippen molar-refractivity contribution in [3.05, 3.63) is 28.2 Å². The zero-order chi connectivity index (χ0) is 19.6. The Morgan fingerprint density at radius 3 is 2.54 bits per heavy atom. The molecule has 0 saturated heterocycles. The van der Waals surface area contributed by atoms with E-state index in [0.717, 1.165) is 24.8 Å². The maximum Gasteiger partial charge on any atom is 0.511 e. The van der Waals surface area contributed by atoms with Crippen LogP contribution in [0.25, 0.3) is 0 Å². The van der Waals surface area contributed by atoms with Crippen LogP contribution in [0.5, 0.6) is 5.75 Å². The minimum atomic E-state index is -4.66. The largest absolute Gasteiger partial charge is 0.511 e. The van der Waals surface area contributed by atoms with Crippen LogP contribution in [0.4, 0.5) is 18.0 Å². The van der Waals surface area contributed by atoms with Crippen molar-refractivity contribution >= 4 is 12.1 Å². The smallest absolute Gasteiger partial charge is 0.448 e. The van der Waals surface area contributed by atoms with Gasteiger partial charge in [0.15, 0.2) is 5.69 Å². The lowest BCUT2D eigenvalue weighted by Gasteiger charge is -2.36. The van der Waals surface area contributed by atoms with Crippen LogP contribution in [0.3, 0.4) is 0 Å². The van der Waals surface area contributed by atoms with Crippen molar-refractivity contribution in [2.75, 3.05) is 19.2 Å². The minimum Gasteiger partial charge on any atom is -0.448 e. The lowest BCUT2D eigenvalue weighted by molar-refractivity contribution is -0.172. The van der Waals surface area contributed by atoms with Gasteiger partial charge in [-0.15, -0.1) is 0 Å². The number of pyridine rings is 1. The topological polar surface area (TPSA) is 99.1 Å². The van der Waals surface area contributed by atoms with Gasteiger partial charge in [0.25, 0.3) is 5.91 Å². The number of hydrogen-bond acceptors (Lipinski definition) is 7. The summed E-state index contributed by atoms with van der Waals surface area (Å²) >= 11 is 0. The highest BCUT2D eigenvalue weighted by molar-refractivity contribution is 5.96. The fraction of sp³-hybridized carbons (Fsp3) is 0.500. The Bertz CT molecular complexity index is 763. The zero-order valence-electron chi connectivity index (χ0n) is 14.0. The zero-order valence-corrected chi connectivity index (χ0v) is 14.0. The van der Waals surface area contributed by atoms with E-state index in [1.54, 1.807) is 0 Å². The standard InChI is InChI=1S/C14H16F3N3O6/c1-7(14(15,16)17)19-6-18-20-5-4-9(21)11(10(20)12(19)22)25-8(2)26-13(23)24-3/h4-5,7-8,18H,6H2,1-3H3/t7-,8?/m1/s1. The Morgan fingerprint density at radius 2 is 1.96 bits per heavy atom. The molecule has 0 aromatic carbocycles. The predicted molar refractivity (Wildman–Crippen MR) is 80.2 cm³/mol. The predicted octanol–water partition coefficient (Wildman–Crippen LogP) is 1.26. The molecule has 0 bridgehead atoms. The van der Waals surface area contributed by atoms with E-state index < -0.39 is 54.1 Å². The Kier molecular flexibility index (Phi) is 5.33. The van der Waals surface area contributed by atoms with E-state index in [1.165, 1.54) is 13.1 Å². The average molecular weight is 379 g/mol. The second-order valence-corrected chi connectivity index (χ2v) is 5.29. The lowest BCUT2D eigenvalue weighted by Crippen LogP contribution is -2.54. The summed E-state index contributed by atoms with van der Waals surface area (Å²) in [5, 5.41) is 0. The van der Waals surface area contributed by atoms with Gasteiger partial charge >= 0.3 is 12.3 Å². The van der Waals surface area contributed by atoms with E-state index in [0.29, 0.717) is 4.90 Å². The summed E-state index contributed by atoms with van der Waals surface area (Å²) in [5.41, 5.74) is 1.34. The molecule has 26 heavy (non-hydrogen) atoms. The van der Waals surface area contributed by atoms with Crippen LogP contribution in [0.2, 0.25) is 0 Å². The number of aromatic nitrogens is 1. The minimum absolute atomic E-state index is 0.428. The molecule has 2 rings (SSSR count). The van der Waals surface area contributed by atoms with Crippen LogP contribution >= 0.6 is 0 Å². The highest BCUT2D eigenvalue weighted by atomic mass is 19.4. The highest BCUT2D eigenvalue weighted by Crippen LogP contribution is 2.28. The van der Waals surface area contributed by atoms with Crippen LogP contribution < -0.4 is 15.6 Å². The Morgan fingerprint density at radius 1 is 1.31 bits per heavy atom. The van der Waals surface area contributed by atoms with Crippen LogP contribution in [0, 0.1) is 0 Å². The summed E-state index contributed by atoms with van der Waals surface area (Å²) in [4.78, 5) is 36.2. The van der Waals surface area contributed by atoms with E-state index in [9.17, 15) is 27.6 Å². The molecule has 0 aliphatic carbocycles. The van der Waals surface area contributed by atoms with E-state index in [-0.39, 0.29) is 0 Å². The fourth-order valence-electron chi connectivity index (χ4n) is 2.19. The molecule has 2 atom stereocenters. The SMILES string of the molecule is COC(=O)OC(C)Oc1c2n(ccc1=O)NCN([C@H](C)C(F)(F)F)C2=O. The molecule has 1 aliphatic heterocycles. The molecular formula is C14H16F3N3O6. The van der Waals surface area contributed by atoms with Gasteiger partial charge in [-0.1, -0.05) is 0 Å². The number of amides is 1. The number of alkyl halides is 3. The summed E-state index contributed by atoms with van der Waals surface area (Å²) in [7, 11) is 1.05. The number of carbonyl (C=O) groups is 2. The first-order valence-electron chi connectivity index (χ1n) is 7.34. The highest BCUT2D eigenvalue weighted by Gasteiger charge is 2.44. The van der Waals surface area contributed by atoms with E-state index in [2.05, 4.69) is 14.9 Å². The summed E-state index contributed by atoms with van der Waals surface area (Å²) in [5.74, 6) is -1.62. The first-order chi connectivity index (χ1) is 12.1. The van der Waals surface area contributed by atoms with Gasteiger partial charge in [-0.25, -0.2) is 4.79 Å². The van der Waals surface area contributed by atoms with E-state index >= 15 is 0 Å². The monoisotopic (exact) mass is 379 g/mol. The number of methoxy groups -OCH3 is 1. The van der Waals surface area contributed by atoms with Gasteiger partial charge in [0, 0.05) is 19.2 Å². The number of nitrogens with one attached hydrogen (secondary N) is 1. The third-order valence-corrected chi connectivity index (χ3v) is 3.58. The first kappa shape index (κ1) is 19.4. The molecule has 1 aromatic heterocycles. The van der Waals surface area contributed by atoms with E-state index in [1.807, 2.05) is 0 Å². The van der Waals surface area contributed by atoms with Crippen molar-refractivity contribution in [1.82, 2.24) is 9.58 Å². The van der Waals surface area contributed by atoms with Crippen LogP contribution in [-0.4, -0.2) is 53.9 Å². The number of fused-ring (bicyclic) bond motifs is 1. The summed E-state index contributed by atoms with van der Waals surface area (Å²) < 4.78 is 54.1. The number of nitrogens with zero attached hydrogens (tertiary/aromatic N) is 2. The second-order valence-electron chi connectivity index (χ2n) is 5.29. The molecule has 12 heteroatoms. The van der Waals surface area contributed by atoms with Gasteiger partial charge in [0.2, 0.25) is 17.5 Å². The van der Waals surface area contributed by atoms with Crippen molar-refractivity contribution in [1.29, 1.82) is 0 Å². The molecule has 1 aliphatic rings. The van der Waals surface area contributed by atoms with Crippen LogP contribution in [-0.2, 0) is 9.47 Å². The molecular weight excluding hydrogens is 363 g/mol. The Hall–Kier alpha value is -2.92. The van der Waals surface area contributed by atoms with Gasteiger partial charge < -0.3 is 24.5 Å². The second kappa shape index (κ2) is 7.14. The van der Waals surface area contributed by atoms with Crippen molar-refractivity contribution in [2.24, 2.45) is 0 Å². The maximum atomic E-state index is 13.0. The number of carbonyl (C=O) groups excluding carboxylic acids is 2. The van der Waals surface area contributed by atoms with Crippen molar-refractivity contribution in [2.45, 2.75) is 32.4 Å². The number of rotatable bonds is 4. The molecule has 1 unspecified atom stereocenters. The Balaban J connectivity index is 2.38. The first-order valence-corrected chi connectivity index (χ1v) is 7.34. The van der Waals surface area contributed by atoms with Gasteiger partial charge in [0.05, 0.1) is 7.11 Å². The van der Waals surface area contributed by atoms with Gasteiger partial charge in [-0.2, -0.15) is 13.2 Å². The third kappa shape index (κ3) is 3.83. The summed E-state index contributed by atoms with van der Waals surface area (Å²) in [6, 6.07) is -1.05. The fourth-order valence-corrected chi connectivity index (χ4v) is 2.19.